The lowest BCUT2D eigenvalue weighted by molar-refractivity contribution is 0.100. The Hall–Kier alpha value is -3.15. The third kappa shape index (κ3) is 5.85. The van der Waals surface area contributed by atoms with E-state index in [1.54, 1.807) is 35.8 Å². The summed E-state index contributed by atoms with van der Waals surface area (Å²) in [4.78, 5) is 16.3. The molecule has 2 aromatic carbocycles. The molecule has 2 aromatic heterocycles. The first kappa shape index (κ1) is 24.0. The van der Waals surface area contributed by atoms with E-state index in [4.69, 9.17) is 5.73 Å². The Morgan fingerprint density at radius 1 is 1.15 bits per heavy atom. The number of amides is 1. The standard InChI is InChI=1S/C24H26N6O2S2/c1-30(2)34(32)28-13-16-6-8-19(9-7-16)29-22-12-21(20(15-27-22)24(25)31)26-14-18-5-3-4-17-10-11-33-23(17)18/h3-12,15,28H,13-14H2,1-2H3,(H2,25,31)(H2,26,27,29). The average Bonchev–Trinajstić information content (AvgIpc) is 3.31. The maximum atomic E-state index is 12.0. The fourth-order valence-corrected chi connectivity index (χ4v) is 4.84. The number of nitrogens with two attached hydrogens (primary N) is 1. The zero-order valence-electron chi connectivity index (χ0n) is 18.9. The Labute approximate surface area is 205 Å². The lowest BCUT2D eigenvalue weighted by Crippen LogP contribution is -2.35. The fourth-order valence-electron chi connectivity index (χ4n) is 3.38. The molecule has 4 aromatic rings. The van der Waals surface area contributed by atoms with Gasteiger partial charge in [-0.1, -0.05) is 30.3 Å². The molecule has 0 bridgehead atoms. The van der Waals surface area contributed by atoms with Crippen LogP contribution in [0.15, 0.2) is 66.2 Å². The van der Waals surface area contributed by atoms with E-state index in [0.717, 1.165) is 16.8 Å². The fraction of sp³-hybridized carbons (Fsp3) is 0.167. The van der Waals surface area contributed by atoms with Gasteiger partial charge in [-0.15, -0.1) is 20.4 Å². The van der Waals surface area contributed by atoms with Crippen LogP contribution in [-0.4, -0.2) is 33.8 Å². The van der Waals surface area contributed by atoms with Gasteiger partial charge in [0.2, 0.25) is 0 Å². The molecule has 1 atom stereocenters. The number of hydrogen-bond donors (Lipinski definition) is 4. The third-order valence-corrected chi connectivity index (χ3v) is 7.22. The highest BCUT2D eigenvalue weighted by molar-refractivity contribution is 7.87. The molecule has 1 unspecified atom stereocenters. The summed E-state index contributed by atoms with van der Waals surface area (Å²) >= 11 is 0.466. The van der Waals surface area contributed by atoms with E-state index in [1.807, 2.05) is 30.3 Å². The predicted octanol–water partition coefficient (Wildman–Crippen LogP) is 3.98. The minimum absolute atomic E-state index is 0.333. The van der Waals surface area contributed by atoms with E-state index >= 15 is 0 Å². The van der Waals surface area contributed by atoms with Crippen LogP contribution in [-0.2, 0) is 24.6 Å². The molecule has 10 heteroatoms. The van der Waals surface area contributed by atoms with Crippen molar-refractivity contribution in [2.75, 3.05) is 24.7 Å². The lowest BCUT2D eigenvalue weighted by atomic mass is 10.1. The van der Waals surface area contributed by atoms with Crippen LogP contribution >= 0.6 is 11.3 Å². The molecule has 0 fully saturated rings. The average molecular weight is 495 g/mol. The molecule has 5 N–H and O–H groups in total. The van der Waals surface area contributed by atoms with Gasteiger partial charge in [0.05, 0.1) is 17.8 Å². The molecule has 0 spiro atoms. The van der Waals surface area contributed by atoms with Gasteiger partial charge in [-0.25, -0.2) is 4.98 Å². The number of hydrogen-bond acceptors (Lipinski definition) is 8. The molecule has 0 aliphatic heterocycles. The van der Waals surface area contributed by atoms with Gasteiger partial charge < -0.3 is 20.9 Å². The molecule has 1 amide bonds. The first-order valence-electron chi connectivity index (χ1n) is 10.6. The number of pyridine rings is 1. The van der Waals surface area contributed by atoms with Crippen LogP contribution in [0.1, 0.15) is 21.5 Å². The monoisotopic (exact) mass is 494 g/mol. The van der Waals surface area contributed by atoms with Crippen molar-refractivity contribution in [1.29, 1.82) is 0 Å². The third-order valence-electron chi connectivity index (χ3n) is 5.16. The second-order valence-electron chi connectivity index (χ2n) is 7.79. The molecule has 0 aliphatic rings. The van der Waals surface area contributed by atoms with Gasteiger partial charge in [0.25, 0.3) is 5.91 Å². The largest absolute Gasteiger partial charge is 0.579 e. The lowest BCUT2D eigenvalue weighted by Gasteiger charge is -2.15. The number of nitrogens with zero attached hydrogens (tertiary/aromatic N) is 2. The summed E-state index contributed by atoms with van der Waals surface area (Å²) in [6.07, 6.45) is 1.48. The SMILES string of the molecule is CN(C)[S+]([O-])NCc1ccc(Nc2cc(NCc3cccc4ccsc34)c(C(N)=O)cn2)cc1. The predicted molar refractivity (Wildman–Crippen MR) is 140 cm³/mol. The van der Waals surface area contributed by atoms with E-state index in [0.29, 0.717) is 30.2 Å². The molecule has 2 heterocycles. The minimum Gasteiger partial charge on any atom is -0.579 e. The number of carbonyl (C=O) groups excluding carboxylic acids is 1. The van der Waals surface area contributed by atoms with Gasteiger partial charge in [0.15, 0.2) is 0 Å². The minimum atomic E-state index is -1.23. The Kier molecular flexibility index (Phi) is 7.66. The first-order valence-corrected chi connectivity index (χ1v) is 12.6. The number of primary amides is 1. The van der Waals surface area contributed by atoms with Crippen molar-refractivity contribution in [2.24, 2.45) is 5.73 Å². The molecule has 4 rings (SSSR count). The van der Waals surface area contributed by atoms with Crippen molar-refractivity contribution >= 4 is 56.1 Å². The summed E-state index contributed by atoms with van der Waals surface area (Å²) in [5.41, 5.74) is 9.51. The summed E-state index contributed by atoms with van der Waals surface area (Å²) in [5.74, 6) is 0.0456. The van der Waals surface area contributed by atoms with Crippen molar-refractivity contribution in [1.82, 2.24) is 14.0 Å². The number of thiophene rings is 1. The van der Waals surface area contributed by atoms with Gasteiger partial charge in [-0.05, 0) is 40.1 Å². The number of benzene rings is 2. The van der Waals surface area contributed by atoms with Crippen LogP contribution in [0, 0.1) is 0 Å². The van der Waals surface area contributed by atoms with E-state index in [1.165, 1.54) is 16.3 Å². The maximum Gasteiger partial charge on any atom is 0.252 e. The van der Waals surface area contributed by atoms with Gasteiger partial charge in [-0.2, -0.15) is 0 Å². The zero-order valence-corrected chi connectivity index (χ0v) is 20.5. The van der Waals surface area contributed by atoms with Crippen LogP contribution in [0.4, 0.5) is 17.2 Å². The molecule has 0 saturated carbocycles. The molecule has 34 heavy (non-hydrogen) atoms. The quantitative estimate of drug-likeness (QED) is 0.246. The van der Waals surface area contributed by atoms with Crippen molar-refractivity contribution < 1.29 is 9.35 Å². The number of anilines is 3. The van der Waals surface area contributed by atoms with E-state index in [-0.39, 0.29) is 0 Å². The van der Waals surface area contributed by atoms with Gasteiger partial charge >= 0.3 is 0 Å². The van der Waals surface area contributed by atoms with E-state index < -0.39 is 17.5 Å². The van der Waals surface area contributed by atoms with Crippen LogP contribution in [0.5, 0.6) is 0 Å². The van der Waals surface area contributed by atoms with Crippen molar-refractivity contribution in [2.45, 2.75) is 13.1 Å². The molecular formula is C24H26N6O2S2. The first-order chi connectivity index (χ1) is 16.4. The summed E-state index contributed by atoms with van der Waals surface area (Å²) in [5, 5.41) is 9.87. The number of rotatable bonds is 10. The Morgan fingerprint density at radius 2 is 1.94 bits per heavy atom. The summed E-state index contributed by atoms with van der Waals surface area (Å²) in [6.45, 7) is 1.04. The topological polar surface area (TPSA) is 118 Å². The Balaban J connectivity index is 1.46. The summed E-state index contributed by atoms with van der Waals surface area (Å²) < 4.78 is 17.6. The molecular weight excluding hydrogens is 468 g/mol. The van der Waals surface area contributed by atoms with Crippen molar-refractivity contribution in [3.63, 3.8) is 0 Å². The Bertz CT molecular complexity index is 1280. The molecule has 8 nitrogen and oxygen atoms in total. The normalized spacial score (nSPS) is 12.1. The van der Waals surface area contributed by atoms with Crippen molar-refractivity contribution in [3.8, 4) is 0 Å². The highest BCUT2D eigenvalue weighted by atomic mass is 32.2. The number of fused-ring (bicyclic) bond motifs is 1. The molecule has 0 radical (unpaired) electrons. The highest BCUT2D eigenvalue weighted by Gasteiger charge is 2.12. The second kappa shape index (κ2) is 10.9. The molecule has 0 saturated heterocycles. The van der Waals surface area contributed by atoms with E-state index in [2.05, 4.69) is 43.9 Å². The molecule has 0 aliphatic carbocycles. The highest BCUT2D eigenvalue weighted by Crippen LogP contribution is 2.27. The van der Waals surface area contributed by atoms with Crippen LogP contribution in [0.25, 0.3) is 10.1 Å². The van der Waals surface area contributed by atoms with Crippen LogP contribution < -0.4 is 21.1 Å². The molecule has 176 valence electrons. The Morgan fingerprint density at radius 3 is 2.68 bits per heavy atom. The number of carbonyl (C=O) groups is 1. The van der Waals surface area contributed by atoms with Crippen molar-refractivity contribution in [3.05, 3.63) is 82.9 Å². The zero-order chi connectivity index (χ0) is 24.1. The van der Waals surface area contributed by atoms with Gasteiger partial charge in [-0.3, -0.25) is 4.79 Å². The number of nitrogens with one attached hydrogen (secondary N) is 3. The second-order valence-corrected chi connectivity index (χ2v) is 10.2. The van der Waals surface area contributed by atoms with Crippen LogP contribution in [0.2, 0.25) is 0 Å². The smallest absolute Gasteiger partial charge is 0.252 e. The summed E-state index contributed by atoms with van der Waals surface area (Å²) in [6, 6.07) is 17.8. The maximum absolute atomic E-state index is 12.0. The van der Waals surface area contributed by atoms with Crippen LogP contribution in [0.3, 0.4) is 0 Å². The van der Waals surface area contributed by atoms with Gasteiger partial charge in [0.1, 0.15) is 17.4 Å². The summed E-state index contributed by atoms with van der Waals surface area (Å²) in [7, 11) is 3.50. The van der Waals surface area contributed by atoms with E-state index in [9.17, 15) is 9.35 Å². The van der Waals surface area contributed by atoms with Gasteiger partial charge in [0, 0.05) is 43.3 Å². The number of aromatic nitrogens is 1.